The number of thiophene rings is 2. The topological polar surface area (TPSA) is 0 Å². The average molecular weight is 244 g/mol. The van der Waals surface area contributed by atoms with Crippen LogP contribution in [0.3, 0.4) is 0 Å². The molecule has 0 aliphatic heterocycles. The lowest BCUT2D eigenvalue weighted by Crippen LogP contribution is -1.65. The molecule has 13 heavy (non-hydrogen) atoms. The zero-order chi connectivity index (χ0) is 8.93. The van der Waals surface area contributed by atoms with E-state index in [0.29, 0.717) is 0 Å². The van der Waals surface area contributed by atoms with Gasteiger partial charge in [0.05, 0.1) is 13.5 Å². The van der Waals surface area contributed by atoms with Gasteiger partial charge in [0.15, 0.2) is 0 Å². The molecule has 2 heterocycles. The maximum absolute atomic E-state index is 2.17. The van der Waals surface area contributed by atoms with Crippen LogP contribution in [0.5, 0.6) is 0 Å². The monoisotopic (exact) mass is 244 g/mol. The molecule has 2 rings (SSSR count). The molecule has 0 fully saturated rings. The minimum absolute atomic E-state index is 1.11. The normalized spacial score (nSPS) is 10.5. The molecule has 0 spiro atoms. The Morgan fingerprint density at radius 2 is 1.46 bits per heavy atom. The van der Waals surface area contributed by atoms with Crippen LogP contribution in [0.2, 0.25) is 0 Å². The van der Waals surface area contributed by atoms with Crippen molar-refractivity contribution in [1.82, 2.24) is 0 Å². The zero-order valence-electron chi connectivity index (χ0n) is 6.80. The summed E-state index contributed by atoms with van der Waals surface area (Å²) in [5, 5.41) is 5.36. The fourth-order valence-electron chi connectivity index (χ4n) is 0.837. The lowest BCUT2D eigenvalue weighted by Gasteiger charge is -1.95. The van der Waals surface area contributed by atoms with Gasteiger partial charge in [0.25, 0.3) is 0 Å². The summed E-state index contributed by atoms with van der Waals surface area (Å²) in [6.45, 7) is 0. The second-order valence-electron chi connectivity index (χ2n) is 2.27. The quantitative estimate of drug-likeness (QED) is 0.567. The third-order valence-corrected chi connectivity index (χ3v) is 5.78. The van der Waals surface area contributed by atoms with E-state index in [0.717, 1.165) is 5.08 Å². The van der Waals surface area contributed by atoms with Crippen molar-refractivity contribution in [2.75, 3.05) is 5.08 Å². The second kappa shape index (κ2) is 5.10. The van der Waals surface area contributed by atoms with Crippen molar-refractivity contribution in [2.24, 2.45) is 0 Å². The molecule has 0 saturated heterocycles. The van der Waals surface area contributed by atoms with Crippen LogP contribution in [0.4, 0.5) is 0 Å². The highest BCUT2D eigenvalue weighted by Crippen LogP contribution is 2.32. The molecule has 0 atom stereocenters. The van der Waals surface area contributed by atoms with Gasteiger partial charge in [-0.3, -0.25) is 0 Å². The first-order valence-electron chi connectivity index (χ1n) is 3.78. The second-order valence-corrected chi connectivity index (χ2v) is 7.08. The lowest BCUT2D eigenvalue weighted by molar-refractivity contribution is 1.72. The standard InChI is InChI=1S/C9H8S4/c1-3-8(10-5-1)12-7-13-9-4-2-6-11-9/h1-6H,7H2. The SMILES string of the molecule is c1csc(SCSc2cccs2)c1. The van der Waals surface area contributed by atoms with Gasteiger partial charge in [-0.05, 0) is 22.9 Å². The molecule has 0 bridgehead atoms. The van der Waals surface area contributed by atoms with Crippen LogP contribution in [-0.2, 0) is 0 Å². The van der Waals surface area contributed by atoms with Crippen LogP contribution < -0.4 is 0 Å². The van der Waals surface area contributed by atoms with E-state index >= 15 is 0 Å². The van der Waals surface area contributed by atoms with Gasteiger partial charge in [-0.15, -0.1) is 46.2 Å². The Hall–Kier alpha value is 0.1000. The van der Waals surface area contributed by atoms with E-state index < -0.39 is 0 Å². The van der Waals surface area contributed by atoms with Crippen molar-refractivity contribution in [3.05, 3.63) is 35.0 Å². The van der Waals surface area contributed by atoms with Crippen molar-refractivity contribution in [1.29, 1.82) is 0 Å². The van der Waals surface area contributed by atoms with Crippen LogP contribution in [0, 0.1) is 0 Å². The van der Waals surface area contributed by atoms with Gasteiger partial charge < -0.3 is 0 Å². The van der Waals surface area contributed by atoms with Crippen molar-refractivity contribution in [3.63, 3.8) is 0 Å². The number of hydrogen-bond donors (Lipinski definition) is 0. The zero-order valence-corrected chi connectivity index (χ0v) is 10.1. The van der Waals surface area contributed by atoms with Gasteiger partial charge in [-0.25, -0.2) is 0 Å². The van der Waals surface area contributed by atoms with E-state index in [1.165, 1.54) is 8.42 Å². The Bertz CT molecular complexity index is 288. The largest absolute Gasteiger partial charge is 0.137 e. The molecule has 0 aromatic carbocycles. The van der Waals surface area contributed by atoms with Crippen molar-refractivity contribution in [2.45, 2.75) is 8.42 Å². The summed E-state index contributed by atoms with van der Waals surface area (Å²) in [7, 11) is 0. The van der Waals surface area contributed by atoms with Crippen LogP contribution in [0.1, 0.15) is 0 Å². The molecule has 0 amide bonds. The van der Waals surface area contributed by atoms with Crippen LogP contribution in [0.25, 0.3) is 0 Å². The molecule has 2 aromatic heterocycles. The van der Waals surface area contributed by atoms with Crippen LogP contribution >= 0.6 is 46.2 Å². The smallest absolute Gasteiger partial charge is 0.0606 e. The minimum Gasteiger partial charge on any atom is -0.137 e. The molecular formula is C9H8S4. The van der Waals surface area contributed by atoms with E-state index in [4.69, 9.17) is 0 Å². The lowest BCUT2D eigenvalue weighted by atomic mass is 10.7. The third kappa shape index (κ3) is 3.06. The van der Waals surface area contributed by atoms with Gasteiger partial charge in [-0.2, -0.15) is 0 Å². The van der Waals surface area contributed by atoms with Crippen molar-refractivity contribution < 1.29 is 0 Å². The Kier molecular flexibility index (Phi) is 3.78. The van der Waals surface area contributed by atoms with Gasteiger partial charge >= 0.3 is 0 Å². The molecule has 0 nitrogen and oxygen atoms in total. The predicted octanol–water partition coefficient (Wildman–Crippen LogP) is 4.65. The Morgan fingerprint density at radius 3 is 1.85 bits per heavy atom. The Morgan fingerprint density at radius 1 is 0.923 bits per heavy atom. The highest BCUT2D eigenvalue weighted by Gasteiger charge is 1.96. The average Bonchev–Trinajstić information content (AvgIpc) is 2.75. The molecule has 0 saturated carbocycles. The molecule has 0 aliphatic carbocycles. The molecule has 0 aliphatic rings. The van der Waals surface area contributed by atoms with E-state index in [2.05, 4.69) is 35.0 Å². The predicted molar refractivity (Wildman–Crippen MR) is 65.2 cm³/mol. The third-order valence-electron chi connectivity index (χ3n) is 1.39. The summed E-state index contributed by atoms with van der Waals surface area (Å²) < 4.78 is 2.81. The van der Waals surface area contributed by atoms with E-state index in [1.807, 2.05) is 46.2 Å². The summed E-state index contributed by atoms with van der Waals surface area (Å²) in [5.74, 6) is 0. The fourth-order valence-corrected chi connectivity index (χ4v) is 4.99. The first kappa shape index (κ1) is 9.65. The highest BCUT2D eigenvalue weighted by atomic mass is 32.2. The van der Waals surface area contributed by atoms with Crippen molar-refractivity contribution in [3.8, 4) is 0 Å². The van der Waals surface area contributed by atoms with Crippen LogP contribution in [-0.4, -0.2) is 5.08 Å². The van der Waals surface area contributed by atoms with Gasteiger partial charge in [0.2, 0.25) is 0 Å². The Balaban J connectivity index is 1.76. The fraction of sp³-hybridized carbons (Fsp3) is 0.111. The molecule has 4 heteroatoms. The molecule has 0 radical (unpaired) electrons. The summed E-state index contributed by atoms with van der Waals surface area (Å²) in [6.07, 6.45) is 0. The summed E-state index contributed by atoms with van der Waals surface area (Å²) >= 11 is 7.45. The Labute approximate surface area is 94.4 Å². The first-order chi connectivity index (χ1) is 6.45. The number of thioether (sulfide) groups is 2. The molecular weight excluding hydrogens is 236 g/mol. The first-order valence-corrected chi connectivity index (χ1v) is 7.51. The van der Waals surface area contributed by atoms with Crippen LogP contribution in [0.15, 0.2) is 43.4 Å². The summed E-state index contributed by atoms with van der Waals surface area (Å²) in [6, 6.07) is 8.54. The van der Waals surface area contributed by atoms with Gasteiger partial charge in [-0.1, -0.05) is 12.1 Å². The van der Waals surface area contributed by atoms with Crippen molar-refractivity contribution >= 4 is 46.2 Å². The summed E-state index contributed by atoms with van der Waals surface area (Å²) in [5.41, 5.74) is 0. The van der Waals surface area contributed by atoms with E-state index in [-0.39, 0.29) is 0 Å². The molecule has 0 N–H and O–H groups in total. The van der Waals surface area contributed by atoms with Gasteiger partial charge in [0, 0.05) is 0 Å². The molecule has 0 unspecified atom stereocenters. The maximum atomic E-state index is 2.17. The number of hydrogen-bond acceptors (Lipinski definition) is 4. The maximum Gasteiger partial charge on any atom is 0.0606 e. The minimum atomic E-state index is 1.11. The molecule has 68 valence electrons. The van der Waals surface area contributed by atoms with E-state index in [1.54, 1.807) is 0 Å². The molecule has 2 aromatic rings. The van der Waals surface area contributed by atoms with Gasteiger partial charge in [0.1, 0.15) is 0 Å². The van der Waals surface area contributed by atoms with E-state index in [9.17, 15) is 0 Å². The number of rotatable bonds is 4. The highest BCUT2D eigenvalue weighted by molar-refractivity contribution is 8.17. The summed E-state index contributed by atoms with van der Waals surface area (Å²) in [4.78, 5) is 0.